The van der Waals surface area contributed by atoms with Gasteiger partial charge in [-0.3, -0.25) is 10.1 Å². The van der Waals surface area contributed by atoms with E-state index < -0.39 is 0 Å². The molecule has 0 aliphatic heterocycles. The van der Waals surface area contributed by atoms with Crippen LogP contribution in [0, 0.1) is 13.8 Å². The van der Waals surface area contributed by atoms with Gasteiger partial charge in [0.25, 0.3) is 5.91 Å². The normalized spacial score (nSPS) is 13.0. The molecule has 1 aromatic heterocycles. The highest BCUT2D eigenvalue weighted by atomic mass is 32.1. The van der Waals surface area contributed by atoms with E-state index >= 15 is 0 Å². The molecule has 1 N–H and O–H groups in total. The Morgan fingerprint density at radius 3 is 2.76 bits per heavy atom. The molecule has 3 rings (SSSR count). The van der Waals surface area contributed by atoms with Crippen LogP contribution in [-0.2, 0) is 17.6 Å². The molecule has 4 nitrogen and oxygen atoms in total. The molecule has 0 saturated carbocycles. The first kappa shape index (κ1) is 14.1. The number of hydrogen-bond acceptors (Lipinski definition) is 4. The van der Waals surface area contributed by atoms with Crippen molar-refractivity contribution in [3.63, 3.8) is 0 Å². The molecule has 110 valence electrons. The standard InChI is InChI=1S/C16H18N2O2S/c1-10-6-11(2)8-12(7-10)20-9-15(19)18-16-17-13-4-3-5-14(13)21-16/h6-8H,3-5,9H2,1-2H3,(H,17,18,19). The topological polar surface area (TPSA) is 51.2 Å². The maximum absolute atomic E-state index is 11.9. The number of nitrogens with one attached hydrogen (secondary N) is 1. The Morgan fingerprint density at radius 1 is 1.29 bits per heavy atom. The monoisotopic (exact) mass is 302 g/mol. The second-order valence-electron chi connectivity index (χ2n) is 5.40. The SMILES string of the molecule is Cc1cc(C)cc(OCC(=O)Nc2nc3c(s2)CCC3)c1. The van der Waals surface area contributed by atoms with Gasteiger partial charge in [-0.25, -0.2) is 4.98 Å². The fraction of sp³-hybridized carbons (Fsp3) is 0.375. The number of benzene rings is 1. The van der Waals surface area contributed by atoms with E-state index in [0.29, 0.717) is 5.13 Å². The molecule has 1 heterocycles. The minimum atomic E-state index is -0.165. The van der Waals surface area contributed by atoms with Gasteiger partial charge in [-0.2, -0.15) is 0 Å². The predicted octanol–water partition coefficient (Wildman–Crippen LogP) is 3.27. The minimum Gasteiger partial charge on any atom is -0.484 e. The van der Waals surface area contributed by atoms with Crippen molar-refractivity contribution in [2.45, 2.75) is 33.1 Å². The van der Waals surface area contributed by atoms with Crippen LogP contribution in [0.3, 0.4) is 0 Å². The number of nitrogens with zero attached hydrogens (tertiary/aromatic N) is 1. The number of rotatable bonds is 4. The van der Waals surface area contributed by atoms with Crippen molar-refractivity contribution in [2.75, 3.05) is 11.9 Å². The highest BCUT2D eigenvalue weighted by Gasteiger charge is 2.17. The van der Waals surface area contributed by atoms with Crippen molar-refractivity contribution in [2.24, 2.45) is 0 Å². The van der Waals surface area contributed by atoms with Crippen molar-refractivity contribution in [3.05, 3.63) is 39.9 Å². The lowest BCUT2D eigenvalue weighted by Gasteiger charge is -2.07. The smallest absolute Gasteiger partial charge is 0.264 e. The summed E-state index contributed by atoms with van der Waals surface area (Å²) in [6.07, 6.45) is 3.29. The fourth-order valence-corrected chi connectivity index (χ4v) is 3.63. The molecule has 0 bridgehead atoms. The number of carbonyl (C=O) groups excluding carboxylic acids is 1. The maximum atomic E-state index is 11.9. The van der Waals surface area contributed by atoms with Gasteiger partial charge in [-0.1, -0.05) is 6.07 Å². The largest absolute Gasteiger partial charge is 0.484 e. The third-order valence-corrected chi connectivity index (χ3v) is 4.48. The van der Waals surface area contributed by atoms with E-state index in [-0.39, 0.29) is 12.5 Å². The summed E-state index contributed by atoms with van der Waals surface area (Å²) in [4.78, 5) is 17.7. The van der Waals surface area contributed by atoms with Gasteiger partial charge in [0.2, 0.25) is 0 Å². The van der Waals surface area contributed by atoms with Crippen molar-refractivity contribution >= 4 is 22.4 Å². The highest BCUT2D eigenvalue weighted by molar-refractivity contribution is 7.15. The van der Waals surface area contributed by atoms with Crippen molar-refractivity contribution in [1.82, 2.24) is 4.98 Å². The van der Waals surface area contributed by atoms with E-state index in [2.05, 4.69) is 16.4 Å². The van der Waals surface area contributed by atoms with Crippen LogP contribution in [0.2, 0.25) is 0 Å². The van der Waals surface area contributed by atoms with E-state index in [1.54, 1.807) is 11.3 Å². The van der Waals surface area contributed by atoms with E-state index in [1.165, 1.54) is 11.3 Å². The Morgan fingerprint density at radius 2 is 2.05 bits per heavy atom. The lowest BCUT2D eigenvalue weighted by Crippen LogP contribution is -2.20. The first-order valence-corrected chi connectivity index (χ1v) is 7.91. The van der Waals surface area contributed by atoms with Gasteiger partial charge in [0.1, 0.15) is 5.75 Å². The van der Waals surface area contributed by atoms with Gasteiger partial charge >= 0.3 is 0 Å². The number of amides is 1. The number of ether oxygens (including phenoxy) is 1. The first-order valence-electron chi connectivity index (χ1n) is 7.10. The summed E-state index contributed by atoms with van der Waals surface area (Å²) in [7, 11) is 0. The third kappa shape index (κ3) is 3.42. The van der Waals surface area contributed by atoms with Crippen LogP contribution in [0.15, 0.2) is 18.2 Å². The molecule has 0 saturated heterocycles. The minimum absolute atomic E-state index is 0.00708. The Balaban J connectivity index is 1.56. The molecule has 0 spiro atoms. The molecule has 1 aromatic carbocycles. The summed E-state index contributed by atoms with van der Waals surface area (Å²) < 4.78 is 5.54. The second kappa shape index (κ2) is 5.85. The quantitative estimate of drug-likeness (QED) is 0.943. The number of aromatic nitrogens is 1. The van der Waals surface area contributed by atoms with E-state index in [0.717, 1.165) is 35.4 Å². The van der Waals surface area contributed by atoms with E-state index in [9.17, 15) is 4.79 Å². The van der Waals surface area contributed by atoms with Gasteiger partial charge in [-0.15, -0.1) is 11.3 Å². The highest BCUT2D eigenvalue weighted by Crippen LogP contribution is 2.30. The molecule has 0 fully saturated rings. The average molecular weight is 302 g/mol. The zero-order chi connectivity index (χ0) is 14.8. The molecular weight excluding hydrogens is 284 g/mol. The van der Waals surface area contributed by atoms with Gasteiger partial charge in [0, 0.05) is 4.88 Å². The molecule has 0 unspecified atom stereocenters. The maximum Gasteiger partial charge on any atom is 0.264 e. The van der Waals surface area contributed by atoms with Crippen LogP contribution < -0.4 is 10.1 Å². The lowest BCUT2D eigenvalue weighted by molar-refractivity contribution is -0.118. The van der Waals surface area contributed by atoms with Crippen LogP contribution in [0.1, 0.15) is 28.1 Å². The van der Waals surface area contributed by atoms with Crippen LogP contribution >= 0.6 is 11.3 Å². The summed E-state index contributed by atoms with van der Waals surface area (Å²) in [5.41, 5.74) is 3.40. The lowest BCUT2D eigenvalue weighted by atomic mass is 10.1. The Bertz CT molecular complexity index is 637. The number of fused-ring (bicyclic) bond motifs is 1. The van der Waals surface area contributed by atoms with Gasteiger partial charge in [0.15, 0.2) is 11.7 Å². The van der Waals surface area contributed by atoms with Gasteiger partial charge in [-0.05, 0) is 56.4 Å². The molecule has 1 aliphatic carbocycles. The summed E-state index contributed by atoms with van der Waals surface area (Å²) in [5.74, 6) is 0.561. The molecule has 21 heavy (non-hydrogen) atoms. The van der Waals surface area contributed by atoms with Crippen molar-refractivity contribution < 1.29 is 9.53 Å². The zero-order valence-corrected chi connectivity index (χ0v) is 13.0. The summed E-state index contributed by atoms with van der Waals surface area (Å²) >= 11 is 1.58. The Kier molecular flexibility index (Phi) is 3.92. The Hall–Kier alpha value is -1.88. The number of anilines is 1. The first-order chi connectivity index (χ1) is 10.1. The van der Waals surface area contributed by atoms with Crippen molar-refractivity contribution in [1.29, 1.82) is 0 Å². The van der Waals surface area contributed by atoms with Gasteiger partial charge < -0.3 is 4.74 Å². The third-order valence-electron chi connectivity index (χ3n) is 3.41. The van der Waals surface area contributed by atoms with Crippen LogP contribution in [0.4, 0.5) is 5.13 Å². The summed E-state index contributed by atoms with van der Waals surface area (Å²) in [6.45, 7) is 4.03. The summed E-state index contributed by atoms with van der Waals surface area (Å²) in [5, 5.41) is 3.50. The van der Waals surface area contributed by atoms with Crippen molar-refractivity contribution in [3.8, 4) is 5.75 Å². The molecule has 0 atom stereocenters. The van der Waals surface area contributed by atoms with Crippen LogP contribution in [0.5, 0.6) is 5.75 Å². The molecule has 0 radical (unpaired) electrons. The average Bonchev–Trinajstić information content (AvgIpc) is 2.96. The van der Waals surface area contributed by atoms with E-state index in [1.807, 2.05) is 26.0 Å². The number of hydrogen-bond donors (Lipinski definition) is 1. The van der Waals surface area contributed by atoms with Crippen LogP contribution in [0.25, 0.3) is 0 Å². The molecular formula is C16H18N2O2S. The molecule has 5 heteroatoms. The molecule has 1 amide bonds. The number of aryl methyl sites for hydroxylation is 4. The number of carbonyl (C=O) groups is 1. The predicted molar refractivity (Wildman–Crippen MR) is 84.2 cm³/mol. The second-order valence-corrected chi connectivity index (χ2v) is 6.49. The Labute approximate surface area is 128 Å². The number of thiazole rings is 1. The molecule has 1 aliphatic rings. The zero-order valence-electron chi connectivity index (χ0n) is 12.2. The van der Waals surface area contributed by atoms with Gasteiger partial charge in [0.05, 0.1) is 5.69 Å². The summed E-state index contributed by atoms with van der Waals surface area (Å²) in [6, 6.07) is 5.93. The van der Waals surface area contributed by atoms with E-state index in [4.69, 9.17) is 4.74 Å². The van der Waals surface area contributed by atoms with Crippen LogP contribution in [-0.4, -0.2) is 17.5 Å². The fourth-order valence-electron chi connectivity index (χ4n) is 2.56. The molecule has 2 aromatic rings.